The summed E-state index contributed by atoms with van der Waals surface area (Å²) < 4.78 is 0. The van der Waals surface area contributed by atoms with Crippen LogP contribution in [0, 0.1) is 0 Å². The average molecular weight is 147 g/mol. The molecule has 0 amide bonds. The molecule has 0 atom stereocenters. The van der Waals surface area contributed by atoms with E-state index >= 15 is 0 Å². The monoisotopic (exact) mass is 147 g/mol. The molecule has 2 heteroatoms. The van der Waals surface area contributed by atoms with Crippen molar-refractivity contribution in [2.45, 2.75) is 0 Å². The van der Waals surface area contributed by atoms with Crippen LogP contribution < -0.4 is 4.90 Å². The molecule has 1 saturated heterocycles. The van der Waals surface area contributed by atoms with Gasteiger partial charge in [-0.3, -0.25) is 4.79 Å². The van der Waals surface area contributed by atoms with Gasteiger partial charge in [0.2, 0.25) is 0 Å². The molecular weight excluding hydrogens is 138 g/mol. The first-order chi connectivity index (χ1) is 5.40. The Kier molecular flexibility index (Phi) is 1.39. The Morgan fingerprint density at radius 3 is 2.82 bits per heavy atom. The molecule has 1 aromatic carbocycles. The standard InChI is InChI=1S/C9H9NO/c11-7-8-2-1-3-9(6-8)10-4-5-10/h1-3,6-7H,4-5H2. The topological polar surface area (TPSA) is 20.1 Å². The number of rotatable bonds is 2. The third-order valence-corrected chi connectivity index (χ3v) is 1.82. The molecule has 0 spiro atoms. The summed E-state index contributed by atoms with van der Waals surface area (Å²) in [4.78, 5) is 12.6. The van der Waals surface area contributed by atoms with Crippen LogP contribution in [0.5, 0.6) is 0 Å². The van der Waals surface area contributed by atoms with Gasteiger partial charge in [-0.25, -0.2) is 0 Å². The van der Waals surface area contributed by atoms with Crippen molar-refractivity contribution in [2.24, 2.45) is 0 Å². The third kappa shape index (κ3) is 1.24. The number of carbonyl (C=O) groups excluding carboxylic acids is 1. The van der Waals surface area contributed by atoms with Crippen molar-refractivity contribution in [3.05, 3.63) is 29.8 Å². The molecule has 0 aromatic heterocycles. The van der Waals surface area contributed by atoms with Gasteiger partial charge >= 0.3 is 0 Å². The van der Waals surface area contributed by atoms with Gasteiger partial charge in [-0.1, -0.05) is 12.1 Å². The minimum Gasteiger partial charge on any atom is -0.368 e. The predicted molar refractivity (Wildman–Crippen MR) is 44.0 cm³/mol. The molecule has 0 aliphatic carbocycles. The Balaban J connectivity index is 2.33. The molecule has 2 rings (SSSR count). The van der Waals surface area contributed by atoms with E-state index in [0.29, 0.717) is 0 Å². The fourth-order valence-electron chi connectivity index (χ4n) is 1.10. The highest BCUT2D eigenvalue weighted by molar-refractivity contribution is 5.77. The Morgan fingerprint density at radius 2 is 2.18 bits per heavy atom. The first-order valence-corrected chi connectivity index (χ1v) is 3.70. The first kappa shape index (κ1) is 6.40. The summed E-state index contributed by atoms with van der Waals surface area (Å²) in [6, 6.07) is 7.68. The number of aldehydes is 1. The highest BCUT2D eigenvalue weighted by Gasteiger charge is 2.17. The molecule has 2 nitrogen and oxygen atoms in total. The molecule has 56 valence electrons. The minimum atomic E-state index is 0.759. The average Bonchev–Trinajstić information content (AvgIpc) is 2.87. The summed E-state index contributed by atoms with van der Waals surface area (Å²) in [5.74, 6) is 0. The van der Waals surface area contributed by atoms with Gasteiger partial charge in [-0.15, -0.1) is 0 Å². The van der Waals surface area contributed by atoms with Crippen LogP contribution in [-0.4, -0.2) is 19.4 Å². The van der Waals surface area contributed by atoms with Gasteiger partial charge in [0.1, 0.15) is 6.29 Å². The van der Waals surface area contributed by atoms with Crippen molar-refractivity contribution in [2.75, 3.05) is 18.0 Å². The maximum absolute atomic E-state index is 10.4. The van der Waals surface area contributed by atoms with Gasteiger partial charge in [0.15, 0.2) is 0 Å². The zero-order valence-corrected chi connectivity index (χ0v) is 6.16. The fourth-order valence-corrected chi connectivity index (χ4v) is 1.10. The van der Waals surface area contributed by atoms with E-state index in [1.54, 1.807) is 0 Å². The number of hydrogen-bond acceptors (Lipinski definition) is 2. The van der Waals surface area contributed by atoms with Gasteiger partial charge in [-0.05, 0) is 12.1 Å². The largest absolute Gasteiger partial charge is 0.368 e. The summed E-state index contributed by atoms with van der Waals surface area (Å²) in [6.07, 6.45) is 0.882. The van der Waals surface area contributed by atoms with Crippen LogP contribution in [0.15, 0.2) is 24.3 Å². The minimum absolute atomic E-state index is 0.759. The number of nitrogens with zero attached hydrogens (tertiary/aromatic N) is 1. The molecule has 1 aliphatic rings. The highest BCUT2D eigenvalue weighted by Crippen LogP contribution is 2.20. The molecule has 0 N–H and O–H groups in total. The molecule has 1 aromatic rings. The Hall–Kier alpha value is -1.31. The van der Waals surface area contributed by atoms with Crippen molar-refractivity contribution in [1.82, 2.24) is 0 Å². The lowest BCUT2D eigenvalue weighted by Gasteiger charge is -2.00. The van der Waals surface area contributed by atoms with E-state index in [9.17, 15) is 4.79 Å². The second-order valence-electron chi connectivity index (χ2n) is 2.70. The number of benzene rings is 1. The van der Waals surface area contributed by atoms with E-state index in [1.165, 1.54) is 0 Å². The van der Waals surface area contributed by atoms with Gasteiger partial charge in [0.25, 0.3) is 0 Å². The van der Waals surface area contributed by atoms with Gasteiger partial charge in [-0.2, -0.15) is 0 Å². The lowest BCUT2D eigenvalue weighted by molar-refractivity contribution is 0.112. The van der Waals surface area contributed by atoms with E-state index < -0.39 is 0 Å². The van der Waals surface area contributed by atoms with Crippen LogP contribution >= 0.6 is 0 Å². The Labute approximate surface area is 65.4 Å². The van der Waals surface area contributed by atoms with E-state index in [0.717, 1.165) is 30.6 Å². The van der Waals surface area contributed by atoms with Crippen molar-refractivity contribution in [3.8, 4) is 0 Å². The van der Waals surface area contributed by atoms with E-state index in [4.69, 9.17) is 0 Å². The van der Waals surface area contributed by atoms with Crippen molar-refractivity contribution < 1.29 is 4.79 Å². The van der Waals surface area contributed by atoms with Crippen molar-refractivity contribution in [3.63, 3.8) is 0 Å². The summed E-state index contributed by atoms with van der Waals surface area (Å²) >= 11 is 0. The Bertz CT molecular complexity index is 279. The van der Waals surface area contributed by atoms with Crippen LogP contribution in [0.3, 0.4) is 0 Å². The maximum Gasteiger partial charge on any atom is 0.150 e. The third-order valence-electron chi connectivity index (χ3n) is 1.82. The van der Waals surface area contributed by atoms with E-state index in [1.807, 2.05) is 24.3 Å². The molecular formula is C9H9NO. The zero-order chi connectivity index (χ0) is 7.68. The van der Waals surface area contributed by atoms with Crippen molar-refractivity contribution >= 4 is 12.0 Å². The quantitative estimate of drug-likeness (QED) is 0.464. The normalized spacial score (nSPS) is 14.7. The SMILES string of the molecule is O=Cc1cccc(N2CC2)c1. The van der Waals surface area contributed by atoms with Crippen LogP contribution in [-0.2, 0) is 0 Å². The van der Waals surface area contributed by atoms with E-state index in [2.05, 4.69) is 4.90 Å². The molecule has 1 heterocycles. The summed E-state index contributed by atoms with van der Waals surface area (Å²) in [7, 11) is 0. The summed E-state index contributed by atoms with van der Waals surface area (Å²) in [5, 5.41) is 0. The Morgan fingerprint density at radius 1 is 1.36 bits per heavy atom. The van der Waals surface area contributed by atoms with E-state index in [-0.39, 0.29) is 0 Å². The van der Waals surface area contributed by atoms with Gasteiger partial charge in [0, 0.05) is 24.3 Å². The summed E-state index contributed by atoms with van der Waals surface area (Å²) in [5.41, 5.74) is 1.92. The molecule has 0 bridgehead atoms. The number of anilines is 1. The lowest BCUT2D eigenvalue weighted by atomic mass is 10.2. The maximum atomic E-state index is 10.4. The van der Waals surface area contributed by atoms with Gasteiger partial charge < -0.3 is 4.90 Å². The number of hydrogen-bond donors (Lipinski definition) is 0. The fraction of sp³-hybridized carbons (Fsp3) is 0.222. The lowest BCUT2D eigenvalue weighted by Crippen LogP contribution is -1.91. The highest BCUT2D eigenvalue weighted by atomic mass is 16.1. The first-order valence-electron chi connectivity index (χ1n) is 3.70. The molecule has 1 fully saturated rings. The second kappa shape index (κ2) is 2.38. The molecule has 0 saturated carbocycles. The smallest absolute Gasteiger partial charge is 0.150 e. The van der Waals surface area contributed by atoms with Gasteiger partial charge in [0.05, 0.1) is 0 Å². The van der Waals surface area contributed by atoms with Crippen LogP contribution in [0.25, 0.3) is 0 Å². The molecule has 11 heavy (non-hydrogen) atoms. The van der Waals surface area contributed by atoms with Crippen LogP contribution in [0.4, 0.5) is 5.69 Å². The van der Waals surface area contributed by atoms with Crippen LogP contribution in [0.2, 0.25) is 0 Å². The molecule has 0 radical (unpaired) electrons. The molecule has 1 aliphatic heterocycles. The molecule has 0 unspecified atom stereocenters. The second-order valence-corrected chi connectivity index (χ2v) is 2.70. The predicted octanol–water partition coefficient (Wildman–Crippen LogP) is 1.32. The van der Waals surface area contributed by atoms with Crippen LogP contribution in [0.1, 0.15) is 10.4 Å². The summed E-state index contributed by atoms with van der Waals surface area (Å²) in [6.45, 7) is 2.25. The number of carbonyl (C=O) groups is 1. The van der Waals surface area contributed by atoms with Crippen molar-refractivity contribution in [1.29, 1.82) is 0 Å². The zero-order valence-electron chi connectivity index (χ0n) is 6.16.